The van der Waals surface area contributed by atoms with Gasteiger partial charge in [0, 0.05) is 24.2 Å². The van der Waals surface area contributed by atoms with Crippen LogP contribution in [0.25, 0.3) is 0 Å². The maximum absolute atomic E-state index is 10.7. The Morgan fingerprint density at radius 3 is 2.53 bits per heavy atom. The molecule has 0 spiro atoms. The van der Waals surface area contributed by atoms with Gasteiger partial charge >= 0.3 is 0 Å². The molecule has 90 valence electrons. The molecule has 1 aromatic carbocycles. The Kier molecular flexibility index (Phi) is 2.98. The Bertz CT molecular complexity index is 395. The summed E-state index contributed by atoms with van der Waals surface area (Å²) >= 11 is 0. The van der Waals surface area contributed by atoms with Crippen molar-refractivity contribution < 1.29 is 4.79 Å². The van der Waals surface area contributed by atoms with Crippen LogP contribution < -0.4 is 0 Å². The van der Waals surface area contributed by atoms with Crippen molar-refractivity contribution in [3.05, 3.63) is 35.4 Å². The topological polar surface area (TPSA) is 20.3 Å². The quantitative estimate of drug-likeness (QED) is 0.740. The van der Waals surface area contributed by atoms with Crippen molar-refractivity contribution in [2.45, 2.75) is 44.2 Å². The van der Waals surface area contributed by atoms with Crippen molar-refractivity contribution in [1.82, 2.24) is 4.90 Å². The summed E-state index contributed by atoms with van der Waals surface area (Å²) < 4.78 is 0. The van der Waals surface area contributed by atoms with Crippen LogP contribution in [-0.2, 0) is 6.42 Å². The fraction of sp³-hybridized carbons (Fsp3) is 0.533. The molecule has 2 heterocycles. The monoisotopic (exact) mass is 229 g/mol. The van der Waals surface area contributed by atoms with Crippen molar-refractivity contribution in [3.63, 3.8) is 0 Å². The Morgan fingerprint density at radius 1 is 1.18 bits per heavy atom. The van der Waals surface area contributed by atoms with E-state index in [1.165, 1.54) is 31.2 Å². The highest BCUT2D eigenvalue weighted by molar-refractivity contribution is 5.74. The first kappa shape index (κ1) is 11.0. The van der Waals surface area contributed by atoms with E-state index in [-0.39, 0.29) is 0 Å². The third-order valence-electron chi connectivity index (χ3n) is 4.35. The lowest BCUT2D eigenvalue weighted by Gasteiger charge is -2.21. The number of hydrogen-bond donors (Lipinski definition) is 0. The Balaban J connectivity index is 1.62. The molecule has 1 aromatic rings. The number of rotatable bonds is 4. The molecule has 2 aliphatic rings. The third kappa shape index (κ3) is 2.14. The second-order valence-electron chi connectivity index (χ2n) is 5.31. The van der Waals surface area contributed by atoms with Gasteiger partial charge in [0.15, 0.2) is 0 Å². The number of benzene rings is 1. The van der Waals surface area contributed by atoms with E-state index in [4.69, 9.17) is 0 Å². The summed E-state index contributed by atoms with van der Waals surface area (Å²) in [5.41, 5.74) is 2.09. The highest BCUT2D eigenvalue weighted by Crippen LogP contribution is 2.37. The van der Waals surface area contributed by atoms with Gasteiger partial charge in [0.05, 0.1) is 0 Å². The van der Waals surface area contributed by atoms with Crippen LogP contribution in [0.15, 0.2) is 24.3 Å². The molecule has 2 heteroatoms. The first-order chi connectivity index (χ1) is 8.36. The van der Waals surface area contributed by atoms with Gasteiger partial charge in [-0.05, 0) is 43.7 Å². The van der Waals surface area contributed by atoms with E-state index < -0.39 is 0 Å². The van der Waals surface area contributed by atoms with Crippen LogP contribution in [0.5, 0.6) is 0 Å². The normalized spacial score (nSPS) is 27.5. The molecular formula is C15H19NO. The average molecular weight is 229 g/mol. The highest BCUT2D eigenvalue weighted by Gasteiger charge is 2.38. The molecule has 0 unspecified atom stereocenters. The zero-order valence-electron chi connectivity index (χ0n) is 10.1. The summed E-state index contributed by atoms with van der Waals surface area (Å²) in [6, 6.07) is 9.72. The lowest BCUT2D eigenvalue weighted by molar-refractivity contribution is 0.112. The maximum atomic E-state index is 10.7. The minimum absolute atomic E-state index is 0.798. The van der Waals surface area contributed by atoms with Crippen LogP contribution in [0.2, 0.25) is 0 Å². The summed E-state index contributed by atoms with van der Waals surface area (Å²) in [4.78, 5) is 13.4. The molecule has 0 aromatic heterocycles. The van der Waals surface area contributed by atoms with Crippen molar-refractivity contribution in [1.29, 1.82) is 0 Å². The Hall–Kier alpha value is -1.15. The molecule has 0 aliphatic carbocycles. The van der Waals surface area contributed by atoms with E-state index in [0.717, 1.165) is 36.9 Å². The lowest BCUT2D eigenvalue weighted by Crippen LogP contribution is -2.30. The first-order valence-corrected chi connectivity index (χ1v) is 6.66. The fourth-order valence-electron chi connectivity index (χ4n) is 3.46. The van der Waals surface area contributed by atoms with Crippen LogP contribution in [0.3, 0.4) is 0 Å². The summed E-state index contributed by atoms with van der Waals surface area (Å²) in [6.45, 7) is 1.16. The largest absolute Gasteiger partial charge is 0.298 e. The summed E-state index contributed by atoms with van der Waals surface area (Å²) in [5, 5.41) is 0. The zero-order valence-corrected chi connectivity index (χ0v) is 10.1. The number of nitrogens with zero attached hydrogens (tertiary/aromatic N) is 1. The molecule has 3 rings (SSSR count). The maximum Gasteiger partial charge on any atom is 0.150 e. The van der Waals surface area contributed by atoms with Crippen molar-refractivity contribution >= 4 is 6.29 Å². The minimum Gasteiger partial charge on any atom is -0.298 e. The van der Waals surface area contributed by atoms with Gasteiger partial charge in [-0.3, -0.25) is 9.69 Å². The predicted octanol–water partition coefficient (Wildman–Crippen LogP) is 2.67. The number of carbonyl (C=O) groups is 1. The van der Waals surface area contributed by atoms with E-state index >= 15 is 0 Å². The molecule has 0 N–H and O–H groups in total. The SMILES string of the molecule is O=Cc1cccc(CCN2C3CCC2CC3)c1. The van der Waals surface area contributed by atoms with E-state index in [0.29, 0.717) is 0 Å². The molecule has 0 saturated carbocycles. The van der Waals surface area contributed by atoms with Gasteiger partial charge in [-0.15, -0.1) is 0 Å². The number of fused-ring (bicyclic) bond motifs is 2. The van der Waals surface area contributed by atoms with Gasteiger partial charge in [-0.25, -0.2) is 0 Å². The fourth-order valence-corrected chi connectivity index (χ4v) is 3.46. The second kappa shape index (κ2) is 4.61. The van der Waals surface area contributed by atoms with Crippen LogP contribution in [-0.4, -0.2) is 29.8 Å². The van der Waals surface area contributed by atoms with Gasteiger partial charge in [0.25, 0.3) is 0 Å². The summed E-state index contributed by atoms with van der Waals surface area (Å²) in [5.74, 6) is 0. The second-order valence-corrected chi connectivity index (χ2v) is 5.31. The van der Waals surface area contributed by atoms with Gasteiger partial charge in [-0.2, -0.15) is 0 Å². The average Bonchev–Trinajstić information content (AvgIpc) is 2.96. The van der Waals surface area contributed by atoms with Crippen LogP contribution in [0.4, 0.5) is 0 Å². The molecule has 2 fully saturated rings. The highest BCUT2D eigenvalue weighted by atomic mass is 16.1. The van der Waals surface area contributed by atoms with Crippen molar-refractivity contribution in [2.75, 3.05) is 6.54 Å². The summed E-state index contributed by atoms with van der Waals surface area (Å²) in [6.07, 6.45) is 7.62. The summed E-state index contributed by atoms with van der Waals surface area (Å²) in [7, 11) is 0. The molecular weight excluding hydrogens is 210 g/mol. The van der Waals surface area contributed by atoms with Gasteiger partial charge in [0.1, 0.15) is 6.29 Å². The van der Waals surface area contributed by atoms with Crippen LogP contribution in [0.1, 0.15) is 41.6 Å². The molecule has 0 radical (unpaired) electrons. The van der Waals surface area contributed by atoms with E-state index in [9.17, 15) is 4.79 Å². The lowest BCUT2D eigenvalue weighted by atomic mass is 10.0. The van der Waals surface area contributed by atoms with Gasteiger partial charge in [0.2, 0.25) is 0 Å². The number of aldehydes is 1. The zero-order chi connectivity index (χ0) is 11.7. The Labute approximate surface area is 103 Å². The van der Waals surface area contributed by atoms with Crippen molar-refractivity contribution in [2.24, 2.45) is 0 Å². The smallest absolute Gasteiger partial charge is 0.150 e. The van der Waals surface area contributed by atoms with E-state index in [2.05, 4.69) is 11.0 Å². The van der Waals surface area contributed by atoms with E-state index in [1.807, 2.05) is 18.2 Å². The molecule has 2 aliphatic heterocycles. The standard InChI is InChI=1S/C15H19NO/c17-11-13-3-1-2-12(10-13)8-9-16-14-4-5-15(16)7-6-14/h1-3,10-11,14-15H,4-9H2. The molecule has 17 heavy (non-hydrogen) atoms. The molecule has 2 bridgehead atoms. The molecule has 0 atom stereocenters. The van der Waals surface area contributed by atoms with Gasteiger partial charge < -0.3 is 0 Å². The van der Waals surface area contributed by atoms with Crippen LogP contribution >= 0.6 is 0 Å². The van der Waals surface area contributed by atoms with Gasteiger partial charge in [-0.1, -0.05) is 18.2 Å². The predicted molar refractivity (Wildman–Crippen MR) is 68.3 cm³/mol. The van der Waals surface area contributed by atoms with E-state index in [1.54, 1.807) is 0 Å². The molecule has 2 nitrogen and oxygen atoms in total. The third-order valence-corrected chi connectivity index (χ3v) is 4.35. The number of carbonyl (C=O) groups excluding carboxylic acids is 1. The number of hydrogen-bond acceptors (Lipinski definition) is 2. The molecule has 2 saturated heterocycles. The van der Waals surface area contributed by atoms with Crippen LogP contribution in [0, 0.1) is 0 Å². The van der Waals surface area contributed by atoms with Crippen molar-refractivity contribution in [3.8, 4) is 0 Å². The minimum atomic E-state index is 0.798. The Morgan fingerprint density at radius 2 is 1.88 bits per heavy atom. The first-order valence-electron chi connectivity index (χ1n) is 6.66. The molecule has 0 amide bonds.